The highest BCUT2D eigenvalue weighted by atomic mass is 32.2. The van der Waals surface area contributed by atoms with Crippen LogP contribution in [0, 0.1) is 0 Å². The quantitative estimate of drug-likeness (QED) is 0.804. The fraction of sp³-hybridized carbons (Fsp3) is 0.312. The number of hydrogen-bond acceptors (Lipinski definition) is 4. The lowest BCUT2D eigenvalue weighted by Gasteiger charge is -2.15. The molecule has 1 amide bonds. The molecule has 2 aromatic rings. The van der Waals surface area contributed by atoms with E-state index in [0.29, 0.717) is 12.1 Å². The molecule has 0 aliphatic rings. The summed E-state index contributed by atoms with van der Waals surface area (Å²) < 4.78 is 25.0. The minimum atomic E-state index is -3.31. The van der Waals surface area contributed by atoms with Crippen LogP contribution in [0.25, 0.3) is 0 Å². The van der Waals surface area contributed by atoms with Crippen LogP contribution in [-0.2, 0) is 21.2 Å². The van der Waals surface area contributed by atoms with Crippen LogP contribution >= 0.6 is 11.3 Å². The summed E-state index contributed by atoms with van der Waals surface area (Å²) in [4.78, 5) is 12.0. The van der Waals surface area contributed by atoms with Crippen LogP contribution in [0.1, 0.15) is 30.5 Å². The third kappa shape index (κ3) is 6.03. The van der Waals surface area contributed by atoms with Crippen LogP contribution in [0.5, 0.6) is 0 Å². The van der Waals surface area contributed by atoms with Crippen molar-refractivity contribution in [2.75, 3.05) is 11.0 Å². The Morgan fingerprint density at radius 2 is 2.09 bits per heavy atom. The first-order chi connectivity index (χ1) is 10.8. The molecule has 0 saturated carbocycles. The highest BCUT2D eigenvalue weighted by Crippen LogP contribution is 2.18. The van der Waals surface area contributed by atoms with E-state index in [9.17, 15) is 13.2 Å². The SMILES string of the molecule is C[C@@H](NC(=O)CCc1ccsc1)c1cccc(NS(C)(=O)=O)c1. The number of benzene rings is 1. The van der Waals surface area contributed by atoms with E-state index in [1.165, 1.54) is 0 Å². The molecular formula is C16H20N2O3S2. The molecule has 1 aromatic carbocycles. The molecular weight excluding hydrogens is 332 g/mol. The standard InChI is InChI=1S/C16H20N2O3S2/c1-12(17-16(19)7-6-13-8-9-22-11-13)14-4-3-5-15(10-14)18-23(2,20)21/h3-5,8-12,18H,6-7H2,1-2H3,(H,17,19)/t12-/m1/s1. The molecule has 0 fully saturated rings. The summed E-state index contributed by atoms with van der Waals surface area (Å²) in [6.45, 7) is 1.88. The second kappa shape index (κ2) is 7.61. The molecule has 124 valence electrons. The Hall–Kier alpha value is -1.86. The van der Waals surface area contributed by atoms with E-state index >= 15 is 0 Å². The average molecular weight is 352 g/mol. The summed E-state index contributed by atoms with van der Waals surface area (Å²) in [5.41, 5.74) is 2.50. The van der Waals surface area contributed by atoms with Gasteiger partial charge in [-0.1, -0.05) is 12.1 Å². The van der Waals surface area contributed by atoms with E-state index in [1.807, 2.05) is 29.8 Å². The van der Waals surface area contributed by atoms with Crippen molar-refractivity contribution >= 4 is 33.0 Å². The molecule has 7 heteroatoms. The number of carbonyl (C=O) groups excluding carboxylic acids is 1. The van der Waals surface area contributed by atoms with Crippen molar-refractivity contribution in [1.82, 2.24) is 5.32 Å². The van der Waals surface area contributed by atoms with Gasteiger partial charge in [0.2, 0.25) is 15.9 Å². The van der Waals surface area contributed by atoms with Gasteiger partial charge in [0.15, 0.2) is 0 Å². The largest absolute Gasteiger partial charge is 0.350 e. The number of rotatable bonds is 7. The van der Waals surface area contributed by atoms with Crippen LogP contribution in [0.4, 0.5) is 5.69 Å². The van der Waals surface area contributed by atoms with Crippen molar-refractivity contribution in [3.05, 3.63) is 52.2 Å². The Bertz CT molecular complexity index is 755. The van der Waals surface area contributed by atoms with Crippen LogP contribution in [0.15, 0.2) is 41.1 Å². The first kappa shape index (κ1) is 17.5. The fourth-order valence-electron chi connectivity index (χ4n) is 2.18. The van der Waals surface area contributed by atoms with E-state index < -0.39 is 10.0 Å². The third-order valence-electron chi connectivity index (χ3n) is 3.29. The Balaban J connectivity index is 1.93. The zero-order valence-corrected chi connectivity index (χ0v) is 14.7. The van der Waals surface area contributed by atoms with Crippen molar-refractivity contribution in [2.24, 2.45) is 0 Å². The Labute approximate surface area is 140 Å². The summed E-state index contributed by atoms with van der Waals surface area (Å²) in [6.07, 6.45) is 2.26. The van der Waals surface area contributed by atoms with Gasteiger partial charge in [0.25, 0.3) is 0 Å². The van der Waals surface area contributed by atoms with Gasteiger partial charge in [0.1, 0.15) is 0 Å². The number of amides is 1. The lowest BCUT2D eigenvalue weighted by Crippen LogP contribution is -2.26. The zero-order chi connectivity index (χ0) is 16.9. The minimum absolute atomic E-state index is 0.0230. The van der Waals surface area contributed by atoms with Gasteiger partial charge in [-0.25, -0.2) is 8.42 Å². The highest BCUT2D eigenvalue weighted by molar-refractivity contribution is 7.92. The number of hydrogen-bond donors (Lipinski definition) is 2. The summed E-state index contributed by atoms with van der Waals surface area (Å²) in [5, 5.41) is 6.97. The van der Waals surface area contributed by atoms with Crippen LogP contribution in [0.3, 0.4) is 0 Å². The summed E-state index contributed by atoms with van der Waals surface area (Å²) in [6, 6.07) is 8.85. The maximum absolute atomic E-state index is 12.0. The average Bonchev–Trinajstić information content (AvgIpc) is 2.97. The zero-order valence-electron chi connectivity index (χ0n) is 13.1. The highest BCUT2D eigenvalue weighted by Gasteiger charge is 2.11. The van der Waals surface area contributed by atoms with Crippen molar-refractivity contribution in [3.8, 4) is 0 Å². The van der Waals surface area contributed by atoms with Crippen molar-refractivity contribution < 1.29 is 13.2 Å². The summed E-state index contributed by atoms with van der Waals surface area (Å²) >= 11 is 1.62. The molecule has 1 aromatic heterocycles. The number of nitrogens with one attached hydrogen (secondary N) is 2. The first-order valence-electron chi connectivity index (χ1n) is 7.22. The maximum Gasteiger partial charge on any atom is 0.229 e. The van der Waals surface area contributed by atoms with Gasteiger partial charge < -0.3 is 5.32 Å². The molecule has 2 rings (SSSR count). The van der Waals surface area contributed by atoms with E-state index in [0.717, 1.165) is 23.8 Å². The molecule has 5 nitrogen and oxygen atoms in total. The second-order valence-electron chi connectivity index (χ2n) is 5.42. The molecule has 2 N–H and O–H groups in total. The predicted octanol–water partition coefficient (Wildman–Crippen LogP) is 2.93. The smallest absolute Gasteiger partial charge is 0.229 e. The fourth-order valence-corrected chi connectivity index (χ4v) is 3.43. The van der Waals surface area contributed by atoms with Crippen LogP contribution in [0.2, 0.25) is 0 Å². The van der Waals surface area contributed by atoms with Crippen LogP contribution < -0.4 is 10.0 Å². The maximum atomic E-state index is 12.0. The molecule has 0 aliphatic heterocycles. The molecule has 0 radical (unpaired) electrons. The monoisotopic (exact) mass is 352 g/mol. The molecule has 0 bridgehead atoms. The first-order valence-corrected chi connectivity index (χ1v) is 10.0. The van der Waals surface area contributed by atoms with Gasteiger partial charge in [-0.05, 0) is 53.4 Å². The summed E-state index contributed by atoms with van der Waals surface area (Å²) in [5.74, 6) is -0.0230. The van der Waals surface area contributed by atoms with Gasteiger partial charge in [-0.15, -0.1) is 0 Å². The third-order valence-corrected chi connectivity index (χ3v) is 4.63. The lowest BCUT2D eigenvalue weighted by molar-refractivity contribution is -0.121. The number of aryl methyl sites for hydroxylation is 1. The van der Waals surface area contributed by atoms with E-state index in [4.69, 9.17) is 0 Å². The summed E-state index contributed by atoms with van der Waals surface area (Å²) in [7, 11) is -3.31. The van der Waals surface area contributed by atoms with E-state index in [2.05, 4.69) is 10.0 Å². The molecule has 1 atom stereocenters. The molecule has 0 aliphatic carbocycles. The normalized spacial score (nSPS) is 12.6. The van der Waals surface area contributed by atoms with Crippen molar-refractivity contribution in [1.29, 1.82) is 0 Å². The molecule has 0 spiro atoms. The van der Waals surface area contributed by atoms with E-state index in [1.54, 1.807) is 29.5 Å². The minimum Gasteiger partial charge on any atom is -0.350 e. The Kier molecular flexibility index (Phi) is 5.79. The van der Waals surface area contributed by atoms with Gasteiger partial charge in [0.05, 0.1) is 12.3 Å². The van der Waals surface area contributed by atoms with Gasteiger partial charge in [-0.2, -0.15) is 11.3 Å². The van der Waals surface area contributed by atoms with Crippen molar-refractivity contribution in [3.63, 3.8) is 0 Å². The van der Waals surface area contributed by atoms with Gasteiger partial charge in [-0.3, -0.25) is 9.52 Å². The number of carbonyl (C=O) groups is 1. The van der Waals surface area contributed by atoms with E-state index in [-0.39, 0.29) is 11.9 Å². The molecule has 0 saturated heterocycles. The lowest BCUT2D eigenvalue weighted by atomic mass is 10.1. The van der Waals surface area contributed by atoms with Gasteiger partial charge in [0, 0.05) is 12.1 Å². The topological polar surface area (TPSA) is 75.3 Å². The molecule has 23 heavy (non-hydrogen) atoms. The van der Waals surface area contributed by atoms with Crippen molar-refractivity contribution in [2.45, 2.75) is 25.8 Å². The molecule has 1 heterocycles. The number of anilines is 1. The Morgan fingerprint density at radius 3 is 2.74 bits per heavy atom. The molecule has 0 unspecified atom stereocenters. The van der Waals surface area contributed by atoms with Gasteiger partial charge >= 0.3 is 0 Å². The number of thiophene rings is 1. The second-order valence-corrected chi connectivity index (χ2v) is 7.95. The predicted molar refractivity (Wildman–Crippen MR) is 94.1 cm³/mol. The number of sulfonamides is 1. The van der Waals surface area contributed by atoms with Crippen LogP contribution in [-0.4, -0.2) is 20.6 Å². The Morgan fingerprint density at radius 1 is 1.30 bits per heavy atom.